The molecule has 1 rings (SSSR count). The van der Waals surface area contributed by atoms with Gasteiger partial charge in [-0.05, 0) is 0 Å². The van der Waals surface area contributed by atoms with Crippen molar-refractivity contribution in [2.75, 3.05) is 7.11 Å². The zero-order valence-corrected chi connectivity index (χ0v) is 8.52. The fourth-order valence-corrected chi connectivity index (χ4v) is 1.14. The van der Waals surface area contributed by atoms with Crippen molar-refractivity contribution in [1.82, 2.24) is 4.98 Å². The molecule has 1 aromatic heterocycles. The summed E-state index contributed by atoms with van der Waals surface area (Å²) in [6.45, 7) is 0. The highest BCUT2D eigenvalue weighted by molar-refractivity contribution is 5.95. The van der Waals surface area contributed by atoms with Gasteiger partial charge in [-0.2, -0.15) is 0 Å². The van der Waals surface area contributed by atoms with E-state index in [2.05, 4.69) is 9.72 Å². The first-order valence-corrected chi connectivity index (χ1v) is 4.19. The average molecular weight is 247 g/mol. The van der Waals surface area contributed by atoms with Crippen molar-refractivity contribution in [3.8, 4) is 5.88 Å². The van der Waals surface area contributed by atoms with Gasteiger partial charge >= 0.3 is 0 Å². The van der Waals surface area contributed by atoms with Crippen LogP contribution in [0.15, 0.2) is 6.07 Å². The van der Waals surface area contributed by atoms with Crippen LogP contribution >= 0.6 is 0 Å². The van der Waals surface area contributed by atoms with Crippen LogP contribution in [0.5, 0.6) is 5.88 Å². The van der Waals surface area contributed by atoms with Gasteiger partial charge in [-0.15, -0.1) is 0 Å². The smallest absolute Gasteiger partial charge is 0.297 e. The number of primary amides is 1. The van der Waals surface area contributed by atoms with Gasteiger partial charge in [0, 0.05) is 6.07 Å². The van der Waals surface area contributed by atoms with E-state index >= 15 is 0 Å². The number of carbonyl (C=O) groups excluding carboxylic acids is 1. The van der Waals surface area contributed by atoms with E-state index in [-0.39, 0.29) is 0 Å². The number of nitrogens with zero attached hydrogens (tertiary/aromatic N) is 2. The lowest BCUT2D eigenvalue weighted by Gasteiger charge is -2.07. The molecule has 9 heteroatoms. The molecule has 1 amide bonds. The minimum absolute atomic E-state index is 0.427. The van der Waals surface area contributed by atoms with Gasteiger partial charge in [-0.3, -0.25) is 14.9 Å². The lowest BCUT2D eigenvalue weighted by molar-refractivity contribution is -0.386. The Bertz CT molecular complexity index is 478. The van der Waals surface area contributed by atoms with Gasteiger partial charge in [0.15, 0.2) is 5.69 Å². The van der Waals surface area contributed by atoms with Gasteiger partial charge < -0.3 is 10.5 Å². The van der Waals surface area contributed by atoms with Gasteiger partial charge in [-0.1, -0.05) is 0 Å². The first-order valence-electron chi connectivity index (χ1n) is 4.19. The molecule has 0 radical (unpaired) electrons. The standard InChI is InChI=1S/C8H7F2N3O4/c1-17-8-3(7(11)14)2-4(13(15)16)5(12-8)6(9)10/h2,6H,1H3,(H2,11,14). The fourth-order valence-electron chi connectivity index (χ4n) is 1.14. The van der Waals surface area contributed by atoms with Crippen molar-refractivity contribution in [3.63, 3.8) is 0 Å². The minimum Gasteiger partial charge on any atom is -0.480 e. The van der Waals surface area contributed by atoms with Gasteiger partial charge in [0.25, 0.3) is 18.0 Å². The molecule has 7 nitrogen and oxygen atoms in total. The topological polar surface area (TPSA) is 108 Å². The number of methoxy groups -OCH3 is 1. The molecule has 0 bridgehead atoms. The number of hydrogen-bond donors (Lipinski definition) is 1. The summed E-state index contributed by atoms with van der Waals surface area (Å²) in [5.74, 6) is -1.53. The number of nitro groups is 1. The van der Waals surface area contributed by atoms with E-state index < -0.39 is 40.1 Å². The molecule has 0 aliphatic rings. The summed E-state index contributed by atoms with van der Waals surface area (Å²) in [5.41, 5.74) is 2.44. The summed E-state index contributed by atoms with van der Waals surface area (Å²) >= 11 is 0. The Balaban J connectivity index is 3.53. The molecule has 0 saturated heterocycles. The molecule has 17 heavy (non-hydrogen) atoms. The first kappa shape index (κ1) is 12.7. The monoisotopic (exact) mass is 247 g/mol. The number of nitrogens with two attached hydrogens (primary N) is 1. The van der Waals surface area contributed by atoms with Gasteiger partial charge in [0.05, 0.1) is 12.0 Å². The Hall–Kier alpha value is -2.32. The second-order valence-corrected chi connectivity index (χ2v) is 2.87. The highest BCUT2D eigenvalue weighted by atomic mass is 19.3. The molecule has 0 atom stereocenters. The minimum atomic E-state index is -3.16. The largest absolute Gasteiger partial charge is 0.480 e. The fraction of sp³-hybridized carbons (Fsp3) is 0.250. The first-order chi connectivity index (χ1) is 7.88. The van der Waals surface area contributed by atoms with Crippen LogP contribution in [0.4, 0.5) is 14.5 Å². The molecule has 0 aliphatic carbocycles. The second-order valence-electron chi connectivity index (χ2n) is 2.87. The number of pyridine rings is 1. The third-order valence-electron chi connectivity index (χ3n) is 1.86. The highest BCUT2D eigenvalue weighted by Crippen LogP contribution is 2.31. The number of aromatic nitrogens is 1. The van der Waals surface area contributed by atoms with Crippen molar-refractivity contribution in [2.24, 2.45) is 5.73 Å². The summed E-state index contributed by atoms with van der Waals surface area (Å²) in [4.78, 5) is 23.6. The maximum Gasteiger partial charge on any atom is 0.297 e. The van der Waals surface area contributed by atoms with E-state index in [1.54, 1.807) is 0 Å². The molecule has 0 saturated carbocycles. The highest BCUT2D eigenvalue weighted by Gasteiger charge is 2.28. The SMILES string of the molecule is COc1nc(C(F)F)c([N+](=O)[O-])cc1C(N)=O. The molecular weight excluding hydrogens is 240 g/mol. The molecular formula is C8H7F2N3O4. The molecule has 0 aliphatic heterocycles. The lowest BCUT2D eigenvalue weighted by atomic mass is 10.2. The molecule has 0 spiro atoms. The molecule has 0 unspecified atom stereocenters. The normalized spacial score (nSPS) is 10.4. The van der Waals surface area contributed by atoms with E-state index in [1.807, 2.05) is 0 Å². The quantitative estimate of drug-likeness (QED) is 0.631. The lowest BCUT2D eigenvalue weighted by Crippen LogP contribution is -2.15. The van der Waals surface area contributed by atoms with Crippen LogP contribution in [0.3, 0.4) is 0 Å². The number of halogens is 2. The number of alkyl halides is 2. The van der Waals surface area contributed by atoms with Crippen molar-refractivity contribution >= 4 is 11.6 Å². The predicted molar refractivity (Wildman–Crippen MR) is 50.9 cm³/mol. The van der Waals surface area contributed by atoms with Crippen LogP contribution < -0.4 is 10.5 Å². The van der Waals surface area contributed by atoms with Gasteiger partial charge in [-0.25, -0.2) is 13.8 Å². The Morgan fingerprint density at radius 1 is 1.65 bits per heavy atom. The molecule has 2 N–H and O–H groups in total. The van der Waals surface area contributed by atoms with E-state index in [1.165, 1.54) is 0 Å². The summed E-state index contributed by atoms with van der Waals surface area (Å²) in [6.07, 6.45) is -3.16. The van der Waals surface area contributed by atoms with Crippen LogP contribution in [0.25, 0.3) is 0 Å². The van der Waals surface area contributed by atoms with Crippen molar-refractivity contribution < 1.29 is 23.2 Å². The number of ether oxygens (including phenoxy) is 1. The molecule has 1 heterocycles. The van der Waals surface area contributed by atoms with Crippen molar-refractivity contribution in [3.05, 3.63) is 27.4 Å². The van der Waals surface area contributed by atoms with E-state index in [0.717, 1.165) is 7.11 Å². The van der Waals surface area contributed by atoms with Crippen molar-refractivity contribution in [2.45, 2.75) is 6.43 Å². The number of amides is 1. The third kappa shape index (κ3) is 2.44. The van der Waals surface area contributed by atoms with Crippen LogP contribution in [-0.4, -0.2) is 22.9 Å². The van der Waals surface area contributed by atoms with Crippen LogP contribution in [-0.2, 0) is 0 Å². The van der Waals surface area contributed by atoms with E-state index in [9.17, 15) is 23.7 Å². The molecule has 92 valence electrons. The Kier molecular flexibility index (Phi) is 3.51. The molecule has 0 fully saturated rings. The zero-order valence-electron chi connectivity index (χ0n) is 8.52. The summed E-state index contributed by atoms with van der Waals surface area (Å²) in [6, 6.07) is 0.621. The Labute approximate surface area is 93.3 Å². The summed E-state index contributed by atoms with van der Waals surface area (Å²) < 4.78 is 29.6. The predicted octanol–water partition coefficient (Wildman–Crippen LogP) is 1.03. The van der Waals surface area contributed by atoms with Gasteiger partial charge in [0.1, 0.15) is 5.56 Å². The third-order valence-corrected chi connectivity index (χ3v) is 1.86. The average Bonchev–Trinajstić information content (AvgIpc) is 2.26. The van der Waals surface area contributed by atoms with E-state index in [0.29, 0.717) is 6.07 Å². The molecule has 0 aromatic carbocycles. The summed E-state index contributed by atoms with van der Waals surface area (Å²) in [7, 11) is 1.08. The van der Waals surface area contributed by atoms with E-state index in [4.69, 9.17) is 5.73 Å². The maximum absolute atomic E-state index is 12.5. The molecule has 1 aromatic rings. The zero-order chi connectivity index (χ0) is 13.2. The number of carbonyl (C=O) groups is 1. The van der Waals surface area contributed by atoms with Crippen molar-refractivity contribution in [1.29, 1.82) is 0 Å². The number of hydrogen-bond acceptors (Lipinski definition) is 5. The van der Waals surface area contributed by atoms with Gasteiger partial charge in [0.2, 0.25) is 5.88 Å². The second kappa shape index (κ2) is 4.68. The van der Waals surface area contributed by atoms with Crippen LogP contribution in [0.2, 0.25) is 0 Å². The maximum atomic E-state index is 12.5. The Morgan fingerprint density at radius 2 is 2.24 bits per heavy atom. The van der Waals surface area contributed by atoms with Crippen LogP contribution in [0, 0.1) is 10.1 Å². The Morgan fingerprint density at radius 3 is 2.59 bits per heavy atom. The van der Waals surface area contributed by atoms with Crippen LogP contribution in [0.1, 0.15) is 22.5 Å². The number of rotatable bonds is 4. The summed E-state index contributed by atoms with van der Waals surface area (Å²) in [5, 5.41) is 10.5.